The third-order valence-electron chi connectivity index (χ3n) is 2.73. The Morgan fingerprint density at radius 2 is 2.21 bits per heavy atom. The Labute approximate surface area is 107 Å². The van der Waals surface area contributed by atoms with E-state index in [1.54, 1.807) is 0 Å². The molecule has 2 aromatic heterocycles. The van der Waals surface area contributed by atoms with Crippen LogP contribution in [0.15, 0.2) is 18.5 Å². The summed E-state index contributed by atoms with van der Waals surface area (Å²) in [5.41, 5.74) is -0.748. The van der Waals surface area contributed by atoms with Gasteiger partial charge in [0, 0.05) is 18.5 Å². The van der Waals surface area contributed by atoms with Gasteiger partial charge in [0.25, 0.3) is 0 Å². The first-order chi connectivity index (χ1) is 8.95. The summed E-state index contributed by atoms with van der Waals surface area (Å²) in [6.45, 7) is 1.73. The summed E-state index contributed by atoms with van der Waals surface area (Å²) in [7, 11) is 0. The van der Waals surface area contributed by atoms with Crippen LogP contribution in [0.25, 0.3) is 5.52 Å². The van der Waals surface area contributed by atoms with Crippen molar-refractivity contribution in [2.45, 2.75) is 25.6 Å². The molecule has 0 amide bonds. The number of fused-ring (bicyclic) bond motifs is 1. The third-order valence-corrected chi connectivity index (χ3v) is 2.73. The molecule has 0 saturated heterocycles. The average molecular weight is 274 g/mol. The maximum Gasteiger partial charge on any atom is 0.435 e. The topological polar surface area (TPSA) is 62.5 Å². The highest BCUT2D eigenvalue weighted by atomic mass is 19.4. The van der Waals surface area contributed by atoms with Crippen LogP contribution < -0.4 is 5.32 Å². The molecule has 0 radical (unpaired) electrons. The van der Waals surface area contributed by atoms with E-state index in [0.29, 0.717) is 6.42 Å². The summed E-state index contributed by atoms with van der Waals surface area (Å²) in [5.74, 6) is 0.270. The van der Waals surface area contributed by atoms with Crippen molar-refractivity contribution in [3.63, 3.8) is 0 Å². The van der Waals surface area contributed by atoms with E-state index in [0.717, 1.165) is 10.6 Å². The van der Waals surface area contributed by atoms with Gasteiger partial charge in [0.05, 0.1) is 12.6 Å². The Bertz CT molecular complexity index is 563. The van der Waals surface area contributed by atoms with Crippen LogP contribution in [0.2, 0.25) is 0 Å². The number of alkyl halides is 3. The van der Waals surface area contributed by atoms with Crippen LogP contribution in [-0.2, 0) is 6.18 Å². The number of nitrogens with one attached hydrogen (secondary N) is 1. The lowest BCUT2D eigenvalue weighted by molar-refractivity contribution is -0.141. The molecule has 0 saturated carbocycles. The highest BCUT2D eigenvalue weighted by Gasteiger charge is 2.34. The van der Waals surface area contributed by atoms with Crippen molar-refractivity contribution in [3.8, 4) is 0 Å². The number of nitrogens with zero attached hydrogens (tertiary/aromatic N) is 3. The summed E-state index contributed by atoms with van der Waals surface area (Å²) >= 11 is 0. The van der Waals surface area contributed by atoms with Crippen LogP contribution in [0.4, 0.5) is 19.0 Å². The van der Waals surface area contributed by atoms with E-state index in [2.05, 4.69) is 15.4 Å². The molecule has 19 heavy (non-hydrogen) atoms. The summed E-state index contributed by atoms with van der Waals surface area (Å²) in [6.07, 6.45) is -1.17. The molecule has 1 unspecified atom stereocenters. The van der Waals surface area contributed by atoms with Crippen molar-refractivity contribution >= 4 is 11.3 Å². The molecular weight excluding hydrogens is 261 g/mol. The lowest BCUT2D eigenvalue weighted by Crippen LogP contribution is -2.23. The Balaban J connectivity index is 2.42. The van der Waals surface area contributed by atoms with Gasteiger partial charge < -0.3 is 10.4 Å². The smallest absolute Gasteiger partial charge is 0.394 e. The van der Waals surface area contributed by atoms with E-state index in [4.69, 9.17) is 5.11 Å². The molecule has 0 aromatic carbocycles. The fourth-order valence-corrected chi connectivity index (χ4v) is 1.64. The van der Waals surface area contributed by atoms with Crippen LogP contribution in [0.3, 0.4) is 0 Å². The van der Waals surface area contributed by atoms with Gasteiger partial charge in [-0.2, -0.15) is 18.3 Å². The molecule has 0 aliphatic heterocycles. The summed E-state index contributed by atoms with van der Waals surface area (Å²) in [4.78, 5) is 3.99. The number of hydrogen-bond donors (Lipinski definition) is 2. The number of anilines is 1. The SMILES string of the molecule is CCC(CO)Nc1nccn2nc(C(F)(F)F)cc12. The monoisotopic (exact) mass is 274 g/mol. The molecule has 0 spiro atoms. The Morgan fingerprint density at radius 1 is 1.47 bits per heavy atom. The van der Waals surface area contributed by atoms with Gasteiger partial charge in [-0.05, 0) is 6.42 Å². The zero-order valence-electron chi connectivity index (χ0n) is 10.1. The van der Waals surface area contributed by atoms with Gasteiger partial charge in [-0.25, -0.2) is 9.50 Å². The molecule has 0 bridgehead atoms. The van der Waals surface area contributed by atoms with Gasteiger partial charge in [0.15, 0.2) is 11.5 Å². The minimum atomic E-state index is -4.50. The third kappa shape index (κ3) is 2.78. The highest BCUT2D eigenvalue weighted by molar-refractivity contribution is 5.68. The quantitative estimate of drug-likeness (QED) is 0.894. The first-order valence-corrected chi connectivity index (χ1v) is 5.74. The number of aromatic nitrogens is 3. The summed E-state index contributed by atoms with van der Waals surface area (Å²) in [6, 6.07) is 0.669. The zero-order valence-corrected chi connectivity index (χ0v) is 10.1. The maximum absolute atomic E-state index is 12.6. The van der Waals surface area contributed by atoms with E-state index >= 15 is 0 Å². The van der Waals surface area contributed by atoms with Gasteiger partial charge in [-0.15, -0.1) is 0 Å². The van der Waals surface area contributed by atoms with Gasteiger partial charge >= 0.3 is 6.18 Å². The van der Waals surface area contributed by atoms with E-state index < -0.39 is 11.9 Å². The number of aliphatic hydroxyl groups is 1. The Kier molecular flexibility index (Phi) is 3.61. The maximum atomic E-state index is 12.6. The largest absolute Gasteiger partial charge is 0.435 e. The number of aliphatic hydroxyl groups excluding tert-OH is 1. The van der Waals surface area contributed by atoms with Crippen LogP contribution >= 0.6 is 0 Å². The molecule has 0 aliphatic carbocycles. The van der Waals surface area contributed by atoms with Crippen molar-refractivity contribution in [3.05, 3.63) is 24.2 Å². The molecule has 1 atom stereocenters. The van der Waals surface area contributed by atoms with Crippen LogP contribution in [0.5, 0.6) is 0 Å². The Hall–Kier alpha value is -1.83. The molecule has 8 heteroatoms. The molecule has 104 valence electrons. The van der Waals surface area contributed by atoms with E-state index in [9.17, 15) is 13.2 Å². The van der Waals surface area contributed by atoms with Gasteiger partial charge in [0.2, 0.25) is 0 Å². The molecule has 5 nitrogen and oxygen atoms in total. The van der Waals surface area contributed by atoms with Gasteiger partial charge in [-0.1, -0.05) is 6.92 Å². The first-order valence-electron chi connectivity index (χ1n) is 5.74. The fraction of sp³-hybridized carbons (Fsp3) is 0.455. The number of halogens is 3. The predicted octanol–water partition coefficient (Wildman–Crippen LogP) is 1.93. The van der Waals surface area contributed by atoms with Gasteiger partial charge in [-0.3, -0.25) is 0 Å². The van der Waals surface area contributed by atoms with Crippen LogP contribution in [-0.4, -0.2) is 32.4 Å². The molecule has 0 aliphatic rings. The number of hydrogen-bond acceptors (Lipinski definition) is 4. The number of rotatable bonds is 4. The highest BCUT2D eigenvalue weighted by Crippen LogP contribution is 2.30. The van der Waals surface area contributed by atoms with E-state index in [-0.39, 0.29) is 24.0 Å². The van der Waals surface area contributed by atoms with E-state index in [1.807, 2.05) is 6.92 Å². The van der Waals surface area contributed by atoms with Crippen molar-refractivity contribution in [2.75, 3.05) is 11.9 Å². The van der Waals surface area contributed by atoms with Crippen LogP contribution in [0, 0.1) is 0 Å². The normalized spacial score (nSPS) is 13.7. The minimum absolute atomic E-state index is 0.125. The second-order valence-corrected chi connectivity index (χ2v) is 4.07. The molecule has 2 heterocycles. The second kappa shape index (κ2) is 5.04. The van der Waals surface area contributed by atoms with Crippen molar-refractivity contribution in [2.24, 2.45) is 0 Å². The summed E-state index contributed by atoms with van der Waals surface area (Å²) < 4.78 is 38.9. The second-order valence-electron chi connectivity index (χ2n) is 4.07. The molecule has 2 rings (SSSR count). The lowest BCUT2D eigenvalue weighted by atomic mass is 10.2. The lowest BCUT2D eigenvalue weighted by Gasteiger charge is -2.14. The van der Waals surface area contributed by atoms with Crippen molar-refractivity contribution in [1.29, 1.82) is 0 Å². The van der Waals surface area contributed by atoms with Crippen molar-refractivity contribution < 1.29 is 18.3 Å². The fourth-order valence-electron chi connectivity index (χ4n) is 1.64. The minimum Gasteiger partial charge on any atom is -0.394 e. The average Bonchev–Trinajstić information content (AvgIpc) is 2.80. The van der Waals surface area contributed by atoms with E-state index in [1.165, 1.54) is 12.4 Å². The molecule has 2 N–H and O–H groups in total. The molecule has 2 aromatic rings. The van der Waals surface area contributed by atoms with Crippen molar-refractivity contribution in [1.82, 2.24) is 14.6 Å². The van der Waals surface area contributed by atoms with Gasteiger partial charge in [0.1, 0.15) is 5.52 Å². The Morgan fingerprint density at radius 3 is 2.79 bits per heavy atom. The molecular formula is C11H13F3N4O. The summed E-state index contributed by atoms with van der Waals surface area (Å²) in [5, 5.41) is 15.5. The standard InChI is InChI=1S/C11H13F3N4O/c1-2-7(6-19)16-10-8-5-9(11(12,13)14)17-18(8)4-3-15-10/h3-5,7,19H,2,6H2,1H3,(H,15,16). The molecule has 0 fully saturated rings. The van der Waals surface area contributed by atoms with Crippen LogP contribution in [0.1, 0.15) is 19.0 Å². The first kappa shape index (κ1) is 13.6. The predicted molar refractivity (Wildman–Crippen MR) is 62.8 cm³/mol. The zero-order chi connectivity index (χ0) is 14.0.